The first-order chi connectivity index (χ1) is 11.0. The summed E-state index contributed by atoms with van der Waals surface area (Å²) >= 11 is 14.6. The molecule has 0 saturated heterocycles. The minimum absolute atomic E-state index is 0.000798. The summed E-state index contributed by atoms with van der Waals surface area (Å²) in [6.07, 6.45) is 2.79. The van der Waals surface area contributed by atoms with Crippen LogP contribution in [0, 0.1) is 3.70 Å². The van der Waals surface area contributed by atoms with Crippen LogP contribution in [0.5, 0.6) is 11.6 Å². The number of nitrogen functional groups attached to an aromatic ring is 1. The molecule has 2 aromatic rings. The molecule has 0 radical (unpaired) electrons. The number of benzene rings is 1. The van der Waals surface area contributed by atoms with Crippen LogP contribution in [-0.2, 0) is 11.2 Å². The normalized spacial score (nSPS) is 17.0. The molecule has 0 spiro atoms. The topological polar surface area (TPSA) is 70.3 Å². The first kappa shape index (κ1) is 17.0. The second-order valence-corrected chi connectivity index (χ2v) is 7.06. The van der Waals surface area contributed by atoms with E-state index in [4.69, 9.17) is 38.4 Å². The Labute approximate surface area is 157 Å². The molecular weight excluding hydrogens is 452 g/mol. The summed E-state index contributed by atoms with van der Waals surface area (Å²) in [5.41, 5.74) is 8.22. The summed E-state index contributed by atoms with van der Waals surface area (Å²) in [5, 5.41) is 9.03. The van der Waals surface area contributed by atoms with Crippen molar-refractivity contribution in [3.63, 3.8) is 0 Å². The number of ether oxygens (including phenoxy) is 2. The number of hydrogen-bond acceptors (Lipinski definition) is 5. The number of anilines is 1. The highest BCUT2D eigenvalue weighted by Gasteiger charge is 2.28. The zero-order valence-electron chi connectivity index (χ0n) is 12.3. The Kier molecular flexibility index (Phi) is 5.15. The van der Waals surface area contributed by atoms with E-state index in [0.717, 1.165) is 34.1 Å². The first-order valence-corrected chi connectivity index (χ1v) is 8.84. The van der Waals surface area contributed by atoms with Gasteiger partial charge in [-0.3, -0.25) is 0 Å². The molecule has 1 heterocycles. The van der Waals surface area contributed by atoms with Crippen LogP contribution in [-0.4, -0.2) is 17.3 Å². The van der Waals surface area contributed by atoms with Crippen LogP contribution in [0.25, 0.3) is 0 Å². The molecule has 5 nitrogen and oxygen atoms in total. The van der Waals surface area contributed by atoms with Crippen LogP contribution in [0.3, 0.4) is 0 Å². The molecular formula is C15H14Cl2IN3O2. The molecule has 0 fully saturated rings. The van der Waals surface area contributed by atoms with Gasteiger partial charge in [0.2, 0.25) is 5.88 Å². The fraction of sp³-hybridized carbons (Fsp3) is 0.333. The predicted octanol–water partition coefficient (Wildman–Crippen LogP) is 4.79. The van der Waals surface area contributed by atoms with Crippen LogP contribution in [0.2, 0.25) is 10.0 Å². The summed E-state index contributed by atoms with van der Waals surface area (Å²) < 4.78 is 12.3. The van der Waals surface area contributed by atoms with Crippen molar-refractivity contribution >= 4 is 51.5 Å². The summed E-state index contributed by atoms with van der Waals surface area (Å²) in [5.74, 6) is 0.746. The first-order valence-electron chi connectivity index (χ1n) is 7.01. The fourth-order valence-corrected chi connectivity index (χ4v) is 4.07. The average molecular weight is 466 g/mol. The Hall–Kier alpha value is -0.830. The molecule has 2 N–H and O–H groups in total. The van der Waals surface area contributed by atoms with Gasteiger partial charge >= 0.3 is 0 Å². The largest absolute Gasteiger partial charge is 0.434 e. The van der Waals surface area contributed by atoms with Crippen molar-refractivity contribution in [1.82, 2.24) is 10.2 Å². The lowest BCUT2D eigenvalue weighted by Crippen LogP contribution is -2.16. The van der Waals surface area contributed by atoms with Gasteiger partial charge in [0, 0.05) is 23.9 Å². The minimum Gasteiger partial charge on any atom is -0.434 e. The van der Waals surface area contributed by atoms with Gasteiger partial charge in [-0.1, -0.05) is 23.2 Å². The van der Waals surface area contributed by atoms with E-state index in [9.17, 15) is 0 Å². The molecule has 1 aliphatic rings. The molecule has 0 bridgehead atoms. The van der Waals surface area contributed by atoms with Crippen LogP contribution < -0.4 is 10.5 Å². The van der Waals surface area contributed by atoms with Crippen molar-refractivity contribution in [3.8, 4) is 11.6 Å². The standard InChI is InChI=1S/C15H14Cl2IN3O2/c1-22-11-4-2-3-8-12(11)14(18)20-21-15(8)23-13-9(16)5-7(19)6-10(13)17/h5-6,11H,2-4,19H2,1H3. The zero-order valence-corrected chi connectivity index (χ0v) is 15.9. The Morgan fingerprint density at radius 1 is 1.26 bits per heavy atom. The molecule has 3 rings (SSSR count). The molecule has 23 heavy (non-hydrogen) atoms. The number of rotatable bonds is 3. The number of halogens is 3. The minimum atomic E-state index is 0.000798. The number of nitrogens with zero attached hydrogens (tertiary/aromatic N) is 2. The second kappa shape index (κ2) is 6.96. The van der Waals surface area contributed by atoms with Gasteiger partial charge in [-0.05, 0) is 54.0 Å². The molecule has 1 aromatic carbocycles. The number of nitrogens with two attached hydrogens (primary N) is 1. The van der Waals surface area contributed by atoms with E-state index < -0.39 is 0 Å². The Morgan fingerprint density at radius 2 is 1.96 bits per heavy atom. The molecule has 0 saturated carbocycles. The van der Waals surface area contributed by atoms with Crippen molar-refractivity contribution in [3.05, 3.63) is 37.0 Å². The zero-order chi connectivity index (χ0) is 16.6. The van der Waals surface area contributed by atoms with Gasteiger partial charge in [-0.25, -0.2) is 0 Å². The van der Waals surface area contributed by atoms with E-state index in [0.29, 0.717) is 27.4 Å². The third-order valence-electron chi connectivity index (χ3n) is 3.75. The van der Waals surface area contributed by atoms with E-state index in [2.05, 4.69) is 32.8 Å². The lowest BCUT2D eigenvalue weighted by atomic mass is 9.91. The monoisotopic (exact) mass is 465 g/mol. The SMILES string of the molecule is COC1CCCc2c(Oc3c(Cl)cc(N)cc3Cl)nnc(I)c21. The predicted molar refractivity (Wildman–Crippen MR) is 98.4 cm³/mol. The molecule has 1 aliphatic carbocycles. The number of fused-ring (bicyclic) bond motifs is 1. The third kappa shape index (κ3) is 3.35. The van der Waals surface area contributed by atoms with Crippen molar-refractivity contribution in [2.45, 2.75) is 25.4 Å². The van der Waals surface area contributed by atoms with E-state index >= 15 is 0 Å². The van der Waals surface area contributed by atoms with Gasteiger partial charge in [0.25, 0.3) is 0 Å². The van der Waals surface area contributed by atoms with Crippen LogP contribution in [0.4, 0.5) is 5.69 Å². The smallest absolute Gasteiger partial charge is 0.242 e. The van der Waals surface area contributed by atoms with E-state index in [1.54, 1.807) is 19.2 Å². The number of aromatic nitrogens is 2. The van der Waals surface area contributed by atoms with E-state index in [1.165, 1.54) is 0 Å². The van der Waals surface area contributed by atoms with Crippen LogP contribution in [0.1, 0.15) is 30.1 Å². The lowest BCUT2D eigenvalue weighted by molar-refractivity contribution is 0.0862. The van der Waals surface area contributed by atoms with Gasteiger partial charge in [-0.15, -0.1) is 10.2 Å². The van der Waals surface area contributed by atoms with Crippen LogP contribution >= 0.6 is 45.8 Å². The van der Waals surface area contributed by atoms with Gasteiger partial charge in [0.1, 0.15) is 3.70 Å². The maximum absolute atomic E-state index is 6.19. The maximum atomic E-state index is 6.19. The van der Waals surface area contributed by atoms with Gasteiger partial charge < -0.3 is 15.2 Å². The highest BCUT2D eigenvalue weighted by Crippen LogP contribution is 2.42. The summed E-state index contributed by atoms with van der Waals surface area (Å²) in [6, 6.07) is 3.18. The van der Waals surface area contributed by atoms with E-state index in [1.807, 2.05) is 0 Å². The van der Waals surface area contributed by atoms with Gasteiger partial charge in [-0.2, -0.15) is 0 Å². The lowest BCUT2D eigenvalue weighted by Gasteiger charge is -2.26. The molecule has 0 aliphatic heterocycles. The third-order valence-corrected chi connectivity index (χ3v) is 5.11. The highest BCUT2D eigenvalue weighted by molar-refractivity contribution is 14.1. The van der Waals surface area contributed by atoms with Gasteiger partial charge in [0.05, 0.1) is 16.1 Å². The average Bonchev–Trinajstić information content (AvgIpc) is 2.52. The van der Waals surface area contributed by atoms with Crippen molar-refractivity contribution in [1.29, 1.82) is 0 Å². The van der Waals surface area contributed by atoms with Crippen LogP contribution in [0.15, 0.2) is 12.1 Å². The highest BCUT2D eigenvalue weighted by atomic mass is 127. The second-order valence-electron chi connectivity index (χ2n) is 5.22. The fourth-order valence-electron chi connectivity index (χ4n) is 2.71. The summed E-state index contributed by atoms with van der Waals surface area (Å²) in [4.78, 5) is 0. The summed E-state index contributed by atoms with van der Waals surface area (Å²) in [7, 11) is 1.70. The molecule has 8 heteroatoms. The Bertz CT molecular complexity index is 735. The Balaban J connectivity index is 2.06. The molecule has 122 valence electrons. The van der Waals surface area contributed by atoms with Crippen molar-refractivity contribution < 1.29 is 9.47 Å². The summed E-state index contributed by atoms with van der Waals surface area (Å²) in [6.45, 7) is 0. The van der Waals surface area contributed by atoms with Crippen molar-refractivity contribution in [2.75, 3.05) is 12.8 Å². The van der Waals surface area contributed by atoms with E-state index in [-0.39, 0.29) is 6.10 Å². The molecule has 1 unspecified atom stereocenters. The molecule has 1 atom stereocenters. The number of hydrogen-bond donors (Lipinski definition) is 1. The molecule has 1 aromatic heterocycles. The number of methoxy groups -OCH3 is 1. The quantitative estimate of drug-likeness (QED) is 0.521. The Morgan fingerprint density at radius 3 is 2.61 bits per heavy atom. The van der Waals surface area contributed by atoms with Gasteiger partial charge in [0.15, 0.2) is 5.75 Å². The molecule has 0 amide bonds. The van der Waals surface area contributed by atoms with Crippen molar-refractivity contribution in [2.24, 2.45) is 0 Å². The maximum Gasteiger partial charge on any atom is 0.242 e.